The second kappa shape index (κ2) is 8.94. The van der Waals surface area contributed by atoms with Gasteiger partial charge in [-0.15, -0.1) is 0 Å². The first-order valence-corrected chi connectivity index (χ1v) is 11.4. The highest BCUT2D eigenvalue weighted by atomic mass is 19.1. The molecule has 33 heavy (non-hydrogen) atoms. The topological polar surface area (TPSA) is 102 Å². The summed E-state index contributed by atoms with van der Waals surface area (Å²) < 4.78 is 19.6. The van der Waals surface area contributed by atoms with Crippen molar-refractivity contribution in [3.8, 4) is 17.1 Å². The number of benzene rings is 2. The molecule has 2 aromatic carbocycles. The average Bonchev–Trinajstić information content (AvgIpc) is 3.28. The number of hydrogen-bond acceptors (Lipinski definition) is 6. The maximum absolute atomic E-state index is 14.2. The highest BCUT2D eigenvalue weighted by Crippen LogP contribution is 2.38. The van der Waals surface area contributed by atoms with E-state index in [0.29, 0.717) is 54.4 Å². The third kappa shape index (κ3) is 4.23. The number of nitrogens with two attached hydrogens (primary N) is 1. The molecule has 2 aliphatic heterocycles. The number of nitrogens with zero attached hydrogens (tertiary/aromatic N) is 3. The summed E-state index contributed by atoms with van der Waals surface area (Å²) in [4.78, 5) is 23.9. The Bertz CT molecular complexity index is 1180. The molecular formula is C25H27FN4O3. The molecule has 1 amide bonds. The van der Waals surface area contributed by atoms with Crippen LogP contribution in [0.5, 0.6) is 5.75 Å². The van der Waals surface area contributed by atoms with Crippen LogP contribution in [0.2, 0.25) is 0 Å². The van der Waals surface area contributed by atoms with Gasteiger partial charge in [-0.25, -0.2) is 14.4 Å². The Labute approximate surface area is 191 Å². The third-order valence-electron chi connectivity index (χ3n) is 6.92. The largest absolute Gasteiger partial charge is 0.507 e. The van der Waals surface area contributed by atoms with Crippen LogP contribution in [0.3, 0.4) is 0 Å². The lowest BCUT2D eigenvalue weighted by atomic mass is 9.77. The molecule has 1 aromatic heterocycles. The summed E-state index contributed by atoms with van der Waals surface area (Å²) in [6.45, 7) is 2.60. The number of rotatable bonds is 5. The second-order valence-corrected chi connectivity index (χ2v) is 8.92. The minimum atomic E-state index is -0.365. The molecule has 5 rings (SSSR count). The number of aromatic nitrogens is 2. The highest BCUT2D eigenvalue weighted by molar-refractivity contribution is 5.91. The number of aromatic hydroxyl groups is 1. The van der Waals surface area contributed by atoms with E-state index in [1.807, 2.05) is 6.07 Å². The van der Waals surface area contributed by atoms with Gasteiger partial charge in [0.15, 0.2) is 5.82 Å². The monoisotopic (exact) mass is 450 g/mol. The van der Waals surface area contributed by atoms with Crippen LogP contribution in [-0.2, 0) is 9.53 Å². The van der Waals surface area contributed by atoms with Gasteiger partial charge < -0.3 is 20.5 Å². The molecule has 0 aliphatic carbocycles. The number of ether oxygens (including phenoxy) is 1. The lowest BCUT2D eigenvalue weighted by Gasteiger charge is -2.32. The standard InChI is InChI=1S/C25H27FN4O3/c26-17-5-6-20-19(13-17)25(29-24(28-20)18-3-1-2-4-21(18)31)30-10-7-16(14-30)22(23(27)32)15-8-11-33-12-9-15/h1-6,13,15-16,22,31H,7-12,14H2,(H2,27,32)/t16-,22?/m0/s1. The van der Waals surface area contributed by atoms with Crippen LogP contribution in [0.25, 0.3) is 22.3 Å². The van der Waals surface area contributed by atoms with Crippen LogP contribution in [0, 0.1) is 23.6 Å². The van der Waals surface area contributed by atoms with Crippen molar-refractivity contribution in [2.24, 2.45) is 23.5 Å². The van der Waals surface area contributed by atoms with Crippen LogP contribution >= 0.6 is 0 Å². The van der Waals surface area contributed by atoms with Crippen molar-refractivity contribution in [1.29, 1.82) is 0 Å². The molecule has 2 fully saturated rings. The summed E-state index contributed by atoms with van der Waals surface area (Å²) in [5.74, 6) is 0.532. The zero-order chi connectivity index (χ0) is 22.9. The van der Waals surface area contributed by atoms with Gasteiger partial charge in [-0.3, -0.25) is 4.79 Å². The molecule has 3 aromatic rings. The quantitative estimate of drug-likeness (QED) is 0.617. The normalized spacial score (nSPS) is 20.3. The van der Waals surface area contributed by atoms with Crippen molar-refractivity contribution in [2.45, 2.75) is 19.3 Å². The number of primary amides is 1. The Hall–Kier alpha value is -3.26. The van der Waals surface area contributed by atoms with Crippen LogP contribution in [0.4, 0.5) is 10.2 Å². The number of phenolic OH excluding ortho intramolecular Hbond substituents is 1. The van der Waals surface area contributed by atoms with Crippen molar-refractivity contribution in [1.82, 2.24) is 9.97 Å². The molecule has 0 saturated carbocycles. The molecule has 2 aliphatic rings. The summed E-state index contributed by atoms with van der Waals surface area (Å²) >= 11 is 0. The van der Waals surface area contributed by atoms with E-state index in [2.05, 4.69) is 9.88 Å². The summed E-state index contributed by atoms with van der Waals surface area (Å²) in [5.41, 5.74) is 6.97. The number of anilines is 1. The number of phenols is 1. The predicted molar refractivity (Wildman–Crippen MR) is 123 cm³/mol. The fraction of sp³-hybridized carbons (Fsp3) is 0.400. The van der Waals surface area contributed by atoms with Gasteiger partial charge in [0.1, 0.15) is 17.4 Å². The maximum atomic E-state index is 14.2. The number of para-hydroxylation sites is 1. The van der Waals surface area contributed by atoms with E-state index in [4.69, 9.17) is 15.5 Å². The van der Waals surface area contributed by atoms with Crippen LogP contribution < -0.4 is 10.6 Å². The predicted octanol–water partition coefficient (Wildman–Crippen LogP) is 3.50. The van der Waals surface area contributed by atoms with E-state index in [0.717, 1.165) is 19.3 Å². The maximum Gasteiger partial charge on any atom is 0.221 e. The smallest absolute Gasteiger partial charge is 0.221 e. The zero-order valence-corrected chi connectivity index (χ0v) is 18.3. The van der Waals surface area contributed by atoms with E-state index in [9.17, 15) is 14.3 Å². The number of amides is 1. The van der Waals surface area contributed by atoms with Gasteiger partial charge in [0.25, 0.3) is 0 Å². The van der Waals surface area contributed by atoms with E-state index >= 15 is 0 Å². The molecule has 2 atom stereocenters. The molecule has 3 N–H and O–H groups in total. The van der Waals surface area contributed by atoms with Gasteiger partial charge in [-0.05, 0) is 61.4 Å². The summed E-state index contributed by atoms with van der Waals surface area (Å²) in [5, 5.41) is 10.9. The number of hydrogen-bond donors (Lipinski definition) is 2. The Morgan fingerprint density at radius 2 is 1.91 bits per heavy atom. The van der Waals surface area contributed by atoms with Crippen LogP contribution in [0.1, 0.15) is 19.3 Å². The molecular weight excluding hydrogens is 423 g/mol. The molecule has 0 radical (unpaired) electrons. The van der Waals surface area contributed by atoms with Crippen LogP contribution in [-0.4, -0.2) is 47.3 Å². The lowest BCUT2D eigenvalue weighted by Crippen LogP contribution is -2.39. The first-order chi connectivity index (χ1) is 16.0. The van der Waals surface area contributed by atoms with E-state index < -0.39 is 0 Å². The first-order valence-electron chi connectivity index (χ1n) is 11.4. The fourth-order valence-corrected chi connectivity index (χ4v) is 5.31. The molecule has 1 unspecified atom stereocenters. The zero-order valence-electron chi connectivity index (χ0n) is 18.3. The van der Waals surface area contributed by atoms with Gasteiger partial charge in [-0.2, -0.15) is 0 Å². The second-order valence-electron chi connectivity index (χ2n) is 8.92. The molecule has 7 nitrogen and oxygen atoms in total. The minimum absolute atomic E-state index is 0.0810. The molecule has 0 bridgehead atoms. The number of carbonyl (C=O) groups excluding carboxylic acids is 1. The minimum Gasteiger partial charge on any atom is -0.507 e. The first kappa shape index (κ1) is 21.6. The SMILES string of the molecule is NC(=O)C(C1CCOCC1)[C@H]1CCN(c2nc(-c3ccccc3O)nc3ccc(F)cc23)C1. The number of carbonyl (C=O) groups is 1. The van der Waals surface area contributed by atoms with Gasteiger partial charge in [0, 0.05) is 37.6 Å². The van der Waals surface area contributed by atoms with E-state index in [1.165, 1.54) is 12.1 Å². The molecule has 8 heteroatoms. The van der Waals surface area contributed by atoms with Crippen molar-refractivity contribution in [3.63, 3.8) is 0 Å². The fourth-order valence-electron chi connectivity index (χ4n) is 5.31. The molecule has 3 heterocycles. The van der Waals surface area contributed by atoms with Crippen molar-refractivity contribution >= 4 is 22.6 Å². The summed E-state index contributed by atoms with van der Waals surface area (Å²) in [6, 6.07) is 11.3. The molecule has 2 saturated heterocycles. The van der Waals surface area contributed by atoms with E-state index in [-0.39, 0.29) is 35.2 Å². The van der Waals surface area contributed by atoms with Gasteiger partial charge >= 0.3 is 0 Å². The Balaban J connectivity index is 1.52. The van der Waals surface area contributed by atoms with Crippen molar-refractivity contribution < 1.29 is 19.0 Å². The van der Waals surface area contributed by atoms with Gasteiger partial charge in [0.2, 0.25) is 5.91 Å². The summed E-state index contributed by atoms with van der Waals surface area (Å²) in [6.07, 6.45) is 2.48. The molecule has 172 valence electrons. The number of fused-ring (bicyclic) bond motifs is 1. The third-order valence-corrected chi connectivity index (χ3v) is 6.92. The van der Waals surface area contributed by atoms with E-state index in [1.54, 1.807) is 24.3 Å². The Morgan fingerprint density at radius 1 is 1.12 bits per heavy atom. The molecule has 0 spiro atoms. The highest BCUT2D eigenvalue weighted by Gasteiger charge is 2.39. The Morgan fingerprint density at radius 3 is 2.67 bits per heavy atom. The average molecular weight is 451 g/mol. The summed E-state index contributed by atoms with van der Waals surface area (Å²) in [7, 11) is 0. The van der Waals surface area contributed by atoms with Crippen LogP contribution in [0.15, 0.2) is 42.5 Å². The van der Waals surface area contributed by atoms with Gasteiger partial charge in [0.05, 0.1) is 11.1 Å². The van der Waals surface area contributed by atoms with Gasteiger partial charge in [-0.1, -0.05) is 12.1 Å². The number of halogens is 1. The van der Waals surface area contributed by atoms with Crippen molar-refractivity contribution in [2.75, 3.05) is 31.2 Å². The Kier molecular flexibility index (Phi) is 5.85. The van der Waals surface area contributed by atoms with Crippen molar-refractivity contribution in [3.05, 3.63) is 48.3 Å². The lowest BCUT2D eigenvalue weighted by molar-refractivity contribution is -0.126.